The molecule has 0 bridgehead atoms. The number of nitrogens with one attached hydrogen (secondary N) is 2. The van der Waals surface area contributed by atoms with E-state index in [1.54, 1.807) is 0 Å². The quantitative estimate of drug-likeness (QED) is 0.759. The zero-order valence-corrected chi connectivity index (χ0v) is 12.0. The number of halogens is 1. The summed E-state index contributed by atoms with van der Waals surface area (Å²) in [7, 11) is 0. The number of aromatic amines is 1. The van der Waals surface area contributed by atoms with Crippen LogP contribution in [0, 0.1) is 0 Å². The molecule has 1 aromatic heterocycles. The maximum atomic E-state index is 5.90. The average Bonchev–Trinajstić information content (AvgIpc) is 2.88. The first kappa shape index (κ1) is 13.2. The fourth-order valence-electron chi connectivity index (χ4n) is 2.21. The van der Waals surface area contributed by atoms with Crippen molar-refractivity contribution in [3.8, 4) is 0 Å². The van der Waals surface area contributed by atoms with Crippen LogP contribution in [-0.4, -0.2) is 9.97 Å². The van der Waals surface area contributed by atoms with Crippen LogP contribution in [0.3, 0.4) is 0 Å². The van der Waals surface area contributed by atoms with Crippen molar-refractivity contribution in [3.63, 3.8) is 0 Å². The monoisotopic (exact) mass is 285 g/mol. The molecule has 0 aliphatic rings. The summed E-state index contributed by atoms with van der Waals surface area (Å²) in [5, 5.41) is 4.22. The van der Waals surface area contributed by atoms with E-state index in [2.05, 4.69) is 22.2 Å². The van der Waals surface area contributed by atoms with Crippen molar-refractivity contribution in [2.24, 2.45) is 0 Å². The summed E-state index contributed by atoms with van der Waals surface area (Å²) in [5.41, 5.74) is 3.29. The molecule has 2 N–H and O–H groups in total. The molecular weight excluding hydrogens is 270 g/mol. The van der Waals surface area contributed by atoms with Gasteiger partial charge in [-0.05, 0) is 36.8 Å². The van der Waals surface area contributed by atoms with Gasteiger partial charge in [0.2, 0.25) is 0 Å². The number of benzene rings is 2. The lowest BCUT2D eigenvalue weighted by Crippen LogP contribution is -2.18. The van der Waals surface area contributed by atoms with Crippen LogP contribution in [0.4, 0.5) is 0 Å². The Kier molecular flexibility index (Phi) is 3.72. The molecule has 0 aliphatic heterocycles. The summed E-state index contributed by atoms with van der Waals surface area (Å²) < 4.78 is 0. The molecule has 2 aromatic carbocycles. The molecule has 3 nitrogen and oxygen atoms in total. The third-order valence-electron chi connectivity index (χ3n) is 3.38. The molecule has 1 heterocycles. The number of H-pyrrole nitrogens is 1. The molecule has 20 heavy (non-hydrogen) atoms. The fourth-order valence-corrected chi connectivity index (χ4v) is 2.33. The van der Waals surface area contributed by atoms with Gasteiger partial charge in [0.1, 0.15) is 5.82 Å². The molecular formula is C16H16ClN3. The van der Waals surface area contributed by atoms with Gasteiger partial charge in [0.05, 0.1) is 17.6 Å². The molecule has 0 saturated carbocycles. The van der Waals surface area contributed by atoms with E-state index in [1.807, 2.05) is 48.5 Å². The Morgan fingerprint density at radius 1 is 1.15 bits per heavy atom. The Hall–Kier alpha value is -1.84. The number of aromatic nitrogens is 2. The maximum absolute atomic E-state index is 5.90. The number of rotatable bonds is 4. The van der Waals surface area contributed by atoms with E-state index in [4.69, 9.17) is 11.6 Å². The number of hydrogen-bond donors (Lipinski definition) is 2. The van der Waals surface area contributed by atoms with Crippen molar-refractivity contribution in [2.45, 2.75) is 19.5 Å². The van der Waals surface area contributed by atoms with Crippen molar-refractivity contribution in [3.05, 3.63) is 64.9 Å². The molecule has 3 rings (SSSR count). The summed E-state index contributed by atoms with van der Waals surface area (Å²) in [6.45, 7) is 2.84. The van der Waals surface area contributed by atoms with Crippen LogP contribution in [0.15, 0.2) is 48.5 Å². The number of nitrogens with zero attached hydrogens (tertiary/aromatic N) is 1. The minimum atomic E-state index is 0.250. The van der Waals surface area contributed by atoms with Gasteiger partial charge in [-0.25, -0.2) is 4.98 Å². The average molecular weight is 286 g/mol. The Morgan fingerprint density at radius 2 is 1.90 bits per heavy atom. The van der Waals surface area contributed by atoms with E-state index in [0.29, 0.717) is 6.54 Å². The van der Waals surface area contributed by atoms with Crippen LogP contribution in [-0.2, 0) is 6.54 Å². The number of imidazole rings is 1. The van der Waals surface area contributed by atoms with Gasteiger partial charge in [0.15, 0.2) is 0 Å². The van der Waals surface area contributed by atoms with Crippen molar-refractivity contribution in [1.82, 2.24) is 15.3 Å². The Labute approximate surface area is 123 Å². The maximum Gasteiger partial charge on any atom is 0.121 e. The van der Waals surface area contributed by atoms with Crippen molar-refractivity contribution >= 4 is 22.6 Å². The number of hydrogen-bond acceptors (Lipinski definition) is 2. The fraction of sp³-hybridized carbons (Fsp3) is 0.188. The lowest BCUT2D eigenvalue weighted by molar-refractivity contribution is 0.563. The predicted molar refractivity (Wildman–Crippen MR) is 82.8 cm³/mol. The Morgan fingerprint density at radius 3 is 2.65 bits per heavy atom. The van der Waals surface area contributed by atoms with Crippen LogP contribution in [0.5, 0.6) is 0 Å². The lowest BCUT2D eigenvalue weighted by Gasteiger charge is -2.13. The molecule has 0 amide bonds. The first-order chi connectivity index (χ1) is 9.72. The van der Waals surface area contributed by atoms with E-state index in [-0.39, 0.29) is 6.04 Å². The van der Waals surface area contributed by atoms with Crippen LogP contribution < -0.4 is 5.32 Å². The van der Waals surface area contributed by atoms with Gasteiger partial charge in [-0.3, -0.25) is 0 Å². The minimum Gasteiger partial charge on any atom is -0.341 e. The zero-order chi connectivity index (χ0) is 13.9. The zero-order valence-electron chi connectivity index (χ0n) is 11.2. The van der Waals surface area contributed by atoms with Crippen molar-refractivity contribution in [2.75, 3.05) is 0 Å². The second kappa shape index (κ2) is 5.65. The first-order valence-electron chi connectivity index (χ1n) is 6.65. The van der Waals surface area contributed by atoms with Gasteiger partial charge in [0.25, 0.3) is 0 Å². The van der Waals surface area contributed by atoms with Gasteiger partial charge < -0.3 is 10.3 Å². The summed E-state index contributed by atoms with van der Waals surface area (Å²) in [6, 6.07) is 16.2. The van der Waals surface area contributed by atoms with Gasteiger partial charge in [-0.15, -0.1) is 0 Å². The van der Waals surface area contributed by atoms with Crippen LogP contribution in [0.1, 0.15) is 24.4 Å². The van der Waals surface area contributed by atoms with Gasteiger partial charge in [-0.2, -0.15) is 0 Å². The highest BCUT2D eigenvalue weighted by Gasteiger charge is 2.07. The molecule has 0 spiro atoms. The molecule has 4 heteroatoms. The normalized spacial score (nSPS) is 12.7. The third-order valence-corrected chi connectivity index (χ3v) is 3.64. The van der Waals surface area contributed by atoms with Gasteiger partial charge in [-0.1, -0.05) is 35.9 Å². The first-order valence-corrected chi connectivity index (χ1v) is 7.02. The van der Waals surface area contributed by atoms with E-state index >= 15 is 0 Å². The largest absolute Gasteiger partial charge is 0.341 e. The van der Waals surface area contributed by atoms with Crippen LogP contribution in [0.25, 0.3) is 11.0 Å². The third kappa shape index (κ3) is 2.84. The summed E-state index contributed by atoms with van der Waals surface area (Å²) in [4.78, 5) is 7.87. The van der Waals surface area contributed by atoms with Gasteiger partial charge in [0, 0.05) is 11.1 Å². The molecule has 0 aliphatic carbocycles. The number of fused-ring (bicyclic) bond motifs is 1. The Bertz CT molecular complexity index is 670. The molecule has 0 saturated heterocycles. The number of para-hydroxylation sites is 2. The van der Waals surface area contributed by atoms with Crippen molar-refractivity contribution in [1.29, 1.82) is 0 Å². The Balaban J connectivity index is 1.68. The van der Waals surface area contributed by atoms with E-state index < -0.39 is 0 Å². The lowest BCUT2D eigenvalue weighted by atomic mass is 10.1. The summed E-state index contributed by atoms with van der Waals surface area (Å²) >= 11 is 5.90. The second-order valence-electron chi connectivity index (χ2n) is 4.85. The highest BCUT2D eigenvalue weighted by molar-refractivity contribution is 6.30. The highest BCUT2D eigenvalue weighted by atomic mass is 35.5. The van der Waals surface area contributed by atoms with E-state index in [9.17, 15) is 0 Å². The summed E-state index contributed by atoms with van der Waals surface area (Å²) in [5.74, 6) is 0.951. The van der Waals surface area contributed by atoms with Crippen LogP contribution in [0.2, 0.25) is 5.02 Å². The van der Waals surface area contributed by atoms with Crippen molar-refractivity contribution < 1.29 is 0 Å². The topological polar surface area (TPSA) is 40.7 Å². The minimum absolute atomic E-state index is 0.250. The highest BCUT2D eigenvalue weighted by Crippen LogP contribution is 2.17. The smallest absolute Gasteiger partial charge is 0.121 e. The van der Waals surface area contributed by atoms with E-state index in [0.717, 1.165) is 21.9 Å². The van der Waals surface area contributed by atoms with Gasteiger partial charge >= 0.3 is 0 Å². The molecule has 0 fully saturated rings. The SMILES string of the molecule is CC(NCc1nc2ccccc2[nH]1)c1ccc(Cl)cc1. The van der Waals surface area contributed by atoms with E-state index in [1.165, 1.54) is 5.56 Å². The summed E-state index contributed by atoms with van der Waals surface area (Å²) in [6.07, 6.45) is 0. The second-order valence-corrected chi connectivity index (χ2v) is 5.29. The molecule has 0 radical (unpaired) electrons. The molecule has 1 unspecified atom stereocenters. The standard InChI is InChI=1S/C16H16ClN3/c1-11(12-6-8-13(17)9-7-12)18-10-16-19-14-4-2-3-5-15(14)20-16/h2-9,11,18H,10H2,1H3,(H,19,20). The molecule has 102 valence electrons. The predicted octanol–water partition coefficient (Wildman–Crippen LogP) is 4.07. The molecule has 3 aromatic rings. The molecule has 1 atom stereocenters. The van der Waals surface area contributed by atoms with Crippen LogP contribution >= 0.6 is 11.6 Å².